The number of alkyl halides is 3. The van der Waals surface area contributed by atoms with Crippen LogP contribution in [0.15, 0.2) is 18.2 Å². The number of hydrogen-bond donors (Lipinski definition) is 4. The fourth-order valence-corrected chi connectivity index (χ4v) is 1.89. The second-order valence-corrected chi connectivity index (χ2v) is 5.17. The van der Waals surface area contributed by atoms with Crippen LogP contribution in [0.3, 0.4) is 0 Å². The number of ether oxygens (including phenoxy) is 2. The van der Waals surface area contributed by atoms with Gasteiger partial charge in [-0.1, -0.05) is 0 Å². The summed E-state index contributed by atoms with van der Waals surface area (Å²) in [6.07, 6.45) is -4.59. The molecule has 152 valence electrons. The molecule has 0 aliphatic heterocycles. The van der Waals surface area contributed by atoms with Gasteiger partial charge in [0.25, 0.3) is 0 Å². The fourth-order valence-electron chi connectivity index (χ4n) is 1.89. The predicted octanol–water partition coefficient (Wildman–Crippen LogP) is 1.45. The SMILES string of the molecule is COC(=O)c1ccc(Nc2nc(NCCO)nc(OCC(F)(F)F)n2)cc1O. The molecule has 0 radical (unpaired) electrons. The number of rotatable bonds is 8. The summed E-state index contributed by atoms with van der Waals surface area (Å²) in [6, 6.07) is 3.24. The number of phenols is 1. The lowest BCUT2D eigenvalue weighted by molar-refractivity contribution is -0.154. The maximum absolute atomic E-state index is 12.3. The van der Waals surface area contributed by atoms with Crippen LogP contribution >= 0.6 is 0 Å². The van der Waals surface area contributed by atoms with Crippen LogP contribution in [0.5, 0.6) is 11.8 Å². The molecule has 0 aliphatic carbocycles. The minimum absolute atomic E-state index is 0.0385. The van der Waals surface area contributed by atoms with Gasteiger partial charge < -0.3 is 30.3 Å². The van der Waals surface area contributed by atoms with Crippen molar-refractivity contribution in [3.8, 4) is 11.8 Å². The van der Waals surface area contributed by atoms with Gasteiger partial charge in [-0.15, -0.1) is 0 Å². The zero-order valence-electron chi connectivity index (χ0n) is 14.4. The number of aromatic hydroxyl groups is 1. The number of carbonyl (C=O) groups excluding carboxylic acids is 1. The van der Waals surface area contributed by atoms with E-state index >= 15 is 0 Å². The summed E-state index contributed by atoms with van der Waals surface area (Å²) in [5.41, 5.74) is 0.148. The molecule has 1 heterocycles. The van der Waals surface area contributed by atoms with Crippen LogP contribution < -0.4 is 15.4 Å². The average molecular weight is 403 g/mol. The molecule has 28 heavy (non-hydrogen) atoms. The molecule has 0 amide bonds. The Morgan fingerprint density at radius 3 is 2.54 bits per heavy atom. The van der Waals surface area contributed by atoms with Crippen LogP contribution in [0.4, 0.5) is 30.8 Å². The van der Waals surface area contributed by atoms with E-state index in [1.54, 1.807) is 0 Å². The number of carbonyl (C=O) groups is 1. The lowest BCUT2D eigenvalue weighted by Gasteiger charge is -2.12. The van der Waals surface area contributed by atoms with E-state index in [9.17, 15) is 23.1 Å². The number of halogens is 3. The molecule has 1 aromatic heterocycles. The van der Waals surface area contributed by atoms with Crippen molar-refractivity contribution in [3.63, 3.8) is 0 Å². The zero-order chi connectivity index (χ0) is 20.7. The van der Waals surface area contributed by atoms with Crippen LogP contribution in [0.25, 0.3) is 0 Å². The minimum atomic E-state index is -4.59. The first-order chi connectivity index (χ1) is 13.2. The molecule has 0 spiro atoms. The predicted molar refractivity (Wildman–Crippen MR) is 89.7 cm³/mol. The van der Waals surface area contributed by atoms with Crippen molar-refractivity contribution in [3.05, 3.63) is 23.8 Å². The minimum Gasteiger partial charge on any atom is -0.507 e. The van der Waals surface area contributed by atoms with Crippen molar-refractivity contribution in [1.29, 1.82) is 0 Å². The number of phenolic OH excluding ortho intramolecular Hbond substituents is 1. The van der Waals surface area contributed by atoms with Crippen LogP contribution in [0.2, 0.25) is 0 Å². The number of methoxy groups -OCH3 is 1. The third-order valence-corrected chi connectivity index (χ3v) is 3.03. The summed E-state index contributed by atoms with van der Waals surface area (Å²) in [7, 11) is 1.15. The first-order valence-corrected chi connectivity index (χ1v) is 7.70. The van der Waals surface area contributed by atoms with Crippen LogP contribution in [-0.2, 0) is 4.74 Å². The standard InChI is InChI=1S/C15H16F3N5O5/c1-27-11(26)9-3-2-8(6-10(9)25)20-13-21-12(19-4-5-24)22-14(23-13)28-7-15(16,17)18/h2-3,6,24-25H,4-5,7H2,1H3,(H2,19,20,21,22,23). The molecule has 0 atom stereocenters. The maximum atomic E-state index is 12.3. The second kappa shape index (κ2) is 9.03. The number of anilines is 3. The molecule has 0 bridgehead atoms. The van der Waals surface area contributed by atoms with Crippen molar-refractivity contribution < 1.29 is 37.7 Å². The van der Waals surface area contributed by atoms with Crippen molar-refractivity contribution in [1.82, 2.24) is 15.0 Å². The van der Waals surface area contributed by atoms with E-state index in [4.69, 9.17) is 5.11 Å². The quantitative estimate of drug-likeness (QED) is 0.479. The van der Waals surface area contributed by atoms with Gasteiger partial charge in [0.1, 0.15) is 11.3 Å². The number of esters is 1. The Labute approximate surface area is 156 Å². The lowest BCUT2D eigenvalue weighted by atomic mass is 10.2. The average Bonchev–Trinajstić information content (AvgIpc) is 2.63. The number of aliphatic hydroxyl groups is 1. The van der Waals surface area contributed by atoms with E-state index in [2.05, 4.69) is 35.1 Å². The molecule has 0 saturated heterocycles. The normalized spacial score (nSPS) is 11.0. The van der Waals surface area contributed by atoms with E-state index in [0.29, 0.717) is 0 Å². The number of aliphatic hydroxyl groups excluding tert-OH is 1. The Morgan fingerprint density at radius 2 is 1.93 bits per heavy atom. The highest BCUT2D eigenvalue weighted by Crippen LogP contribution is 2.25. The van der Waals surface area contributed by atoms with Gasteiger partial charge in [-0.3, -0.25) is 0 Å². The number of benzene rings is 1. The van der Waals surface area contributed by atoms with Crippen LogP contribution in [0.1, 0.15) is 10.4 Å². The van der Waals surface area contributed by atoms with Crippen molar-refractivity contribution >= 4 is 23.6 Å². The summed E-state index contributed by atoms with van der Waals surface area (Å²) in [6.45, 7) is -1.84. The Bertz CT molecular complexity index is 834. The fraction of sp³-hybridized carbons (Fsp3) is 0.333. The molecule has 0 aliphatic rings. The van der Waals surface area contributed by atoms with Gasteiger partial charge in [0.05, 0.1) is 13.7 Å². The van der Waals surface area contributed by atoms with Crippen molar-refractivity contribution in [2.24, 2.45) is 0 Å². The van der Waals surface area contributed by atoms with Gasteiger partial charge in [0.15, 0.2) is 6.61 Å². The van der Waals surface area contributed by atoms with Gasteiger partial charge >= 0.3 is 18.2 Å². The maximum Gasteiger partial charge on any atom is 0.422 e. The molecule has 0 saturated carbocycles. The van der Waals surface area contributed by atoms with Crippen molar-refractivity contribution in [2.75, 3.05) is 37.5 Å². The summed E-state index contributed by atoms with van der Waals surface area (Å²) < 4.78 is 46.1. The van der Waals surface area contributed by atoms with Crippen LogP contribution in [-0.4, -0.2) is 64.2 Å². The molecule has 2 rings (SSSR count). The molecule has 10 nitrogen and oxygen atoms in total. The van der Waals surface area contributed by atoms with Gasteiger partial charge in [-0.05, 0) is 12.1 Å². The van der Waals surface area contributed by atoms with Crippen molar-refractivity contribution in [2.45, 2.75) is 6.18 Å². The number of hydrogen-bond acceptors (Lipinski definition) is 10. The lowest BCUT2D eigenvalue weighted by Crippen LogP contribution is -2.21. The molecule has 4 N–H and O–H groups in total. The summed E-state index contributed by atoms with van der Waals surface area (Å²) in [5.74, 6) is -1.47. The summed E-state index contributed by atoms with van der Waals surface area (Å²) in [5, 5.41) is 23.9. The highest BCUT2D eigenvalue weighted by Gasteiger charge is 2.29. The summed E-state index contributed by atoms with van der Waals surface area (Å²) in [4.78, 5) is 22.8. The van der Waals surface area contributed by atoms with E-state index < -0.39 is 30.5 Å². The highest BCUT2D eigenvalue weighted by atomic mass is 19.4. The molecular formula is C15H16F3N5O5. The topological polar surface area (TPSA) is 139 Å². The summed E-state index contributed by atoms with van der Waals surface area (Å²) >= 11 is 0. The van der Waals surface area contributed by atoms with Gasteiger partial charge in [-0.2, -0.15) is 28.1 Å². The first kappa shape index (κ1) is 21.0. The molecular weight excluding hydrogens is 387 g/mol. The van der Waals surface area contributed by atoms with E-state index in [-0.39, 0.29) is 36.3 Å². The third-order valence-electron chi connectivity index (χ3n) is 3.03. The Hall–Kier alpha value is -3.35. The monoisotopic (exact) mass is 403 g/mol. The second-order valence-electron chi connectivity index (χ2n) is 5.17. The zero-order valence-corrected chi connectivity index (χ0v) is 14.4. The Kier molecular flexibility index (Phi) is 6.76. The van der Waals surface area contributed by atoms with E-state index in [1.165, 1.54) is 18.2 Å². The highest BCUT2D eigenvalue weighted by molar-refractivity contribution is 5.93. The smallest absolute Gasteiger partial charge is 0.422 e. The Balaban J connectivity index is 2.25. The molecule has 0 unspecified atom stereocenters. The number of nitrogens with zero attached hydrogens (tertiary/aromatic N) is 3. The third kappa shape index (κ3) is 6.12. The van der Waals surface area contributed by atoms with Gasteiger partial charge in [0.2, 0.25) is 11.9 Å². The Morgan fingerprint density at radius 1 is 1.21 bits per heavy atom. The molecule has 1 aromatic carbocycles. The van der Waals surface area contributed by atoms with Crippen LogP contribution in [0, 0.1) is 0 Å². The van der Waals surface area contributed by atoms with Gasteiger partial charge in [0, 0.05) is 18.3 Å². The number of nitrogens with one attached hydrogen (secondary N) is 2. The molecule has 0 fully saturated rings. The van der Waals surface area contributed by atoms with Gasteiger partial charge in [-0.25, -0.2) is 4.79 Å². The first-order valence-electron chi connectivity index (χ1n) is 7.70. The van der Waals surface area contributed by atoms with E-state index in [1.807, 2.05) is 0 Å². The van der Waals surface area contributed by atoms with E-state index in [0.717, 1.165) is 7.11 Å². The molecule has 2 aromatic rings. The number of aromatic nitrogens is 3. The largest absolute Gasteiger partial charge is 0.507 e. The molecule has 13 heteroatoms.